The molecule has 0 bridgehead atoms. The van der Waals surface area contributed by atoms with E-state index in [1.807, 2.05) is 17.7 Å². The summed E-state index contributed by atoms with van der Waals surface area (Å²) in [6.07, 6.45) is 5.68. The average molecular weight is 172 g/mol. The van der Waals surface area contributed by atoms with E-state index in [0.29, 0.717) is 5.41 Å². The Morgan fingerprint density at radius 2 is 1.55 bits per heavy atom. The summed E-state index contributed by atoms with van der Waals surface area (Å²) in [6.45, 7) is 12.2. The fraction of sp³-hybridized carbons (Fsp3) is 0.600. The van der Waals surface area contributed by atoms with Gasteiger partial charge in [-0.1, -0.05) is 46.4 Å². The molecule has 1 heteroatoms. The molecule has 0 aliphatic carbocycles. The molecule has 0 aromatic carbocycles. The van der Waals surface area contributed by atoms with Gasteiger partial charge in [-0.2, -0.15) is 0 Å². The lowest BCUT2D eigenvalue weighted by Gasteiger charge is -2.05. The minimum Gasteiger partial charge on any atom is -0.138 e. The third kappa shape index (κ3) is 75.2. The number of rotatable bonds is 2. The molecule has 0 aromatic heterocycles. The lowest BCUT2D eigenvalue weighted by Crippen LogP contribution is -1.93. The van der Waals surface area contributed by atoms with Crippen LogP contribution in [0.5, 0.6) is 0 Å². The molecule has 0 radical (unpaired) electrons. The van der Waals surface area contributed by atoms with Gasteiger partial charge in [-0.05, 0) is 17.1 Å². The van der Waals surface area contributed by atoms with Gasteiger partial charge in [-0.3, -0.25) is 0 Å². The molecule has 0 aromatic rings. The Labute approximate surface area is 75.8 Å². The van der Waals surface area contributed by atoms with Crippen LogP contribution in [0.2, 0.25) is 0 Å². The maximum absolute atomic E-state index is 3.50. The van der Waals surface area contributed by atoms with Gasteiger partial charge in [-0.15, -0.1) is 11.8 Å². The van der Waals surface area contributed by atoms with Crippen molar-refractivity contribution in [2.45, 2.75) is 27.7 Å². The molecular weight excluding hydrogens is 152 g/mol. The maximum Gasteiger partial charge on any atom is -0.0142 e. The van der Waals surface area contributed by atoms with E-state index >= 15 is 0 Å². The van der Waals surface area contributed by atoms with Crippen molar-refractivity contribution in [3.05, 3.63) is 24.1 Å². The van der Waals surface area contributed by atoms with Crippen LogP contribution in [-0.2, 0) is 0 Å². The van der Waals surface area contributed by atoms with Crippen molar-refractivity contribution >= 4 is 11.8 Å². The summed E-state index contributed by atoms with van der Waals surface area (Å²) in [7, 11) is 0. The quantitative estimate of drug-likeness (QED) is 0.565. The van der Waals surface area contributed by atoms with Gasteiger partial charge in [0.25, 0.3) is 0 Å². The molecule has 0 saturated heterocycles. The Balaban J connectivity index is 0. The monoisotopic (exact) mass is 172 g/mol. The van der Waals surface area contributed by atoms with E-state index in [9.17, 15) is 0 Å². The summed E-state index contributed by atoms with van der Waals surface area (Å²) in [5.41, 5.74) is 0.500. The highest BCUT2D eigenvalue weighted by molar-refractivity contribution is 8.01. The second-order valence-corrected chi connectivity index (χ2v) is 4.54. The van der Waals surface area contributed by atoms with Crippen LogP contribution in [0.15, 0.2) is 24.1 Å². The largest absolute Gasteiger partial charge is 0.138 e. The first kappa shape index (κ1) is 13.4. The fourth-order valence-electron chi connectivity index (χ4n) is 0.134. The summed E-state index contributed by atoms with van der Waals surface area (Å²) in [5.74, 6) is 0. The lowest BCUT2D eigenvalue weighted by molar-refractivity contribution is 0.469. The van der Waals surface area contributed by atoms with Gasteiger partial charge >= 0.3 is 0 Å². The first-order valence-electron chi connectivity index (χ1n) is 3.72. The van der Waals surface area contributed by atoms with Gasteiger partial charge in [0.2, 0.25) is 0 Å². The van der Waals surface area contributed by atoms with Crippen molar-refractivity contribution in [3.63, 3.8) is 0 Å². The number of hydrogen-bond donors (Lipinski definition) is 0. The zero-order chi connectivity index (χ0) is 9.33. The molecule has 66 valence electrons. The van der Waals surface area contributed by atoms with Crippen molar-refractivity contribution in [1.82, 2.24) is 0 Å². The van der Waals surface area contributed by atoms with Gasteiger partial charge in [0.15, 0.2) is 0 Å². The first-order valence-corrected chi connectivity index (χ1v) is 5.01. The third-order valence-corrected chi connectivity index (χ3v) is 0.780. The van der Waals surface area contributed by atoms with Crippen LogP contribution in [0.4, 0.5) is 0 Å². The highest BCUT2D eigenvalue weighted by Crippen LogP contribution is 2.08. The van der Waals surface area contributed by atoms with Gasteiger partial charge in [0.1, 0.15) is 0 Å². The topological polar surface area (TPSA) is 0 Å². The zero-order valence-corrected chi connectivity index (χ0v) is 9.16. The summed E-state index contributed by atoms with van der Waals surface area (Å²) in [5, 5.41) is 1.98. The summed E-state index contributed by atoms with van der Waals surface area (Å²) in [6, 6.07) is 0. The molecule has 0 atom stereocenters. The van der Waals surface area contributed by atoms with E-state index in [2.05, 4.69) is 34.3 Å². The Morgan fingerprint density at radius 1 is 1.18 bits per heavy atom. The Kier molecular flexibility index (Phi) is 9.68. The Morgan fingerprint density at radius 3 is 1.64 bits per heavy atom. The minimum atomic E-state index is 0.500. The Hall–Kier alpha value is -0.170. The van der Waals surface area contributed by atoms with E-state index in [1.54, 1.807) is 17.8 Å². The standard InChI is InChI=1S/C5H8S.C5H12/c1-3-4-5-6-2;1-5(2,3)4/h3-5H,1H2,2H3;1-4H3/b5-4-;. The van der Waals surface area contributed by atoms with Crippen molar-refractivity contribution in [3.8, 4) is 0 Å². The number of hydrogen-bond acceptors (Lipinski definition) is 1. The van der Waals surface area contributed by atoms with E-state index in [4.69, 9.17) is 0 Å². The van der Waals surface area contributed by atoms with Crippen molar-refractivity contribution in [2.24, 2.45) is 5.41 Å². The summed E-state index contributed by atoms with van der Waals surface area (Å²) in [4.78, 5) is 0. The Bertz CT molecular complexity index is 101. The molecule has 0 aliphatic rings. The van der Waals surface area contributed by atoms with Gasteiger partial charge in [0, 0.05) is 0 Å². The van der Waals surface area contributed by atoms with E-state index in [1.165, 1.54) is 0 Å². The summed E-state index contributed by atoms with van der Waals surface area (Å²) >= 11 is 1.67. The van der Waals surface area contributed by atoms with Crippen LogP contribution in [0.25, 0.3) is 0 Å². The molecular formula is C10H20S. The second kappa shape index (κ2) is 7.93. The second-order valence-electron chi connectivity index (χ2n) is 3.80. The molecule has 0 heterocycles. The van der Waals surface area contributed by atoms with Crippen LogP contribution < -0.4 is 0 Å². The van der Waals surface area contributed by atoms with Gasteiger partial charge in [0.05, 0.1) is 0 Å². The molecule has 0 N–H and O–H groups in total. The fourth-order valence-corrected chi connectivity index (χ4v) is 0.402. The summed E-state index contributed by atoms with van der Waals surface area (Å²) < 4.78 is 0. The molecule has 0 rings (SSSR count). The number of thioether (sulfide) groups is 1. The van der Waals surface area contributed by atoms with E-state index in [-0.39, 0.29) is 0 Å². The highest BCUT2D eigenvalue weighted by atomic mass is 32.2. The molecule has 0 unspecified atom stereocenters. The molecule has 0 nitrogen and oxygen atoms in total. The molecule has 0 aliphatic heterocycles. The highest BCUT2D eigenvalue weighted by Gasteiger charge is 1.95. The van der Waals surface area contributed by atoms with Crippen molar-refractivity contribution in [2.75, 3.05) is 6.26 Å². The smallest absolute Gasteiger partial charge is 0.0142 e. The predicted octanol–water partition coefficient (Wildman–Crippen LogP) is 4.10. The maximum atomic E-state index is 3.50. The van der Waals surface area contributed by atoms with Gasteiger partial charge in [-0.25, -0.2) is 0 Å². The van der Waals surface area contributed by atoms with Crippen LogP contribution in [0.3, 0.4) is 0 Å². The average Bonchev–Trinajstić information content (AvgIpc) is 1.79. The van der Waals surface area contributed by atoms with Gasteiger partial charge < -0.3 is 0 Å². The minimum absolute atomic E-state index is 0.500. The SMILES string of the molecule is C=C/C=C\SC.CC(C)(C)C. The predicted molar refractivity (Wildman–Crippen MR) is 58.0 cm³/mol. The first-order chi connectivity index (χ1) is 4.91. The van der Waals surface area contributed by atoms with Crippen LogP contribution >= 0.6 is 11.8 Å². The molecule has 0 saturated carbocycles. The molecule has 0 spiro atoms. The van der Waals surface area contributed by atoms with Crippen LogP contribution in [0, 0.1) is 5.41 Å². The van der Waals surface area contributed by atoms with E-state index in [0.717, 1.165) is 0 Å². The van der Waals surface area contributed by atoms with Crippen LogP contribution in [0.1, 0.15) is 27.7 Å². The van der Waals surface area contributed by atoms with Crippen LogP contribution in [-0.4, -0.2) is 6.26 Å². The number of allylic oxidation sites excluding steroid dienone is 2. The molecule has 11 heavy (non-hydrogen) atoms. The lowest BCUT2D eigenvalue weighted by atomic mass is 10.0. The van der Waals surface area contributed by atoms with Crippen molar-refractivity contribution in [1.29, 1.82) is 0 Å². The molecule has 0 fully saturated rings. The molecule has 0 amide bonds. The zero-order valence-electron chi connectivity index (χ0n) is 8.35. The van der Waals surface area contributed by atoms with Crippen molar-refractivity contribution < 1.29 is 0 Å². The van der Waals surface area contributed by atoms with E-state index < -0.39 is 0 Å². The third-order valence-electron chi connectivity index (χ3n) is 0.351. The normalized spacial score (nSPS) is 10.6.